The first-order chi connectivity index (χ1) is 18.0. The molecule has 0 spiro atoms. The predicted octanol–water partition coefficient (Wildman–Crippen LogP) is 7.76. The average molecular weight is 400 g/mol. The third-order valence-electron chi connectivity index (χ3n) is 4.74. The van der Waals surface area contributed by atoms with E-state index >= 15 is 0 Å². The molecule has 152 valence electrons. The average Bonchev–Trinajstić information content (AvgIpc) is 3.13. The SMILES string of the molecule is [2H]C([2H])([2H])/C=C(/C=N/C(=C\C)c1ccc(C([2H])([2H])[2H])c2c1oc1nc(C)cc(C([2H])(C)C)c12)C([2H])(C)C([2H])([2H])[2H]. The molecule has 1 aromatic carbocycles. The van der Waals surface area contributed by atoms with Gasteiger partial charge in [-0.1, -0.05) is 45.8 Å². The van der Waals surface area contributed by atoms with E-state index in [-0.39, 0.29) is 33.5 Å². The van der Waals surface area contributed by atoms with Crippen molar-refractivity contribution >= 4 is 34.0 Å². The fourth-order valence-corrected chi connectivity index (χ4v) is 3.27. The first-order valence-corrected chi connectivity index (χ1v) is 9.31. The van der Waals surface area contributed by atoms with Crippen molar-refractivity contribution in [2.75, 3.05) is 0 Å². The Balaban J connectivity index is 2.38. The number of aromatic nitrogens is 1. The quantitative estimate of drug-likeness (QED) is 0.411. The van der Waals surface area contributed by atoms with Gasteiger partial charge in [-0.15, -0.1) is 0 Å². The molecule has 0 fully saturated rings. The van der Waals surface area contributed by atoms with Crippen LogP contribution in [-0.4, -0.2) is 11.2 Å². The normalized spacial score (nSPS) is 23.0. The highest BCUT2D eigenvalue weighted by atomic mass is 16.3. The number of hydrogen-bond acceptors (Lipinski definition) is 3. The lowest BCUT2D eigenvalue weighted by Gasteiger charge is -2.09. The Morgan fingerprint density at radius 1 is 1.24 bits per heavy atom. The Kier molecular flexibility index (Phi) is 3.15. The van der Waals surface area contributed by atoms with E-state index in [0.717, 1.165) is 19.2 Å². The zero-order valence-electron chi connectivity index (χ0n) is 28.3. The number of allylic oxidation sites excluding steroid dienone is 3. The second-order valence-corrected chi connectivity index (χ2v) is 7.12. The number of nitrogens with zero attached hydrogens (tertiary/aromatic N) is 2. The minimum Gasteiger partial charge on any atom is -0.437 e. The summed E-state index contributed by atoms with van der Waals surface area (Å²) >= 11 is 0. The van der Waals surface area contributed by atoms with Gasteiger partial charge < -0.3 is 4.42 Å². The summed E-state index contributed by atoms with van der Waals surface area (Å²) in [4.78, 5) is 8.83. The van der Waals surface area contributed by atoms with Crippen LogP contribution in [0.3, 0.4) is 0 Å². The molecule has 2 heterocycles. The van der Waals surface area contributed by atoms with Crippen molar-refractivity contribution in [3.8, 4) is 0 Å². The van der Waals surface area contributed by atoms with Gasteiger partial charge in [0, 0.05) is 37.9 Å². The van der Waals surface area contributed by atoms with Crippen LogP contribution in [0, 0.1) is 19.7 Å². The first-order valence-electron chi connectivity index (χ1n) is 14.8. The van der Waals surface area contributed by atoms with Crippen molar-refractivity contribution < 1.29 is 19.5 Å². The third-order valence-corrected chi connectivity index (χ3v) is 4.74. The molecule has 0 saturated carbocycles. The van der Waals surface area contributed by atoms with Crippen molar-refractivity contribution in [2.45, 2.75) is 61.1 Å². The van der Waals surface area contributed by atoms with Gasteiger partial charge in [-0.25, -0.2) is 4.98 Å². The zero-order chi connectivity index (χ0) is 30.6. The van der Waals surface area contributed by atoms with Gasteiger partial charge in [0.05, 0.1) is 11.1 Å². The number of pyridine rings is 1. The molecular weight excluding hydrogens is 356 g/mol. The molecular formula is C26H32N2O. The van der Waals surface area contributed by atoms with Crippen LogP contribution in [0.15, 0.2) is 45.3 Å². The lowest BCUT2D eigenvalue weighted by atomic mass is 9.95. The Morgan fingerprint density at radius 2 is 2.07 bits per heavy atom. The Hall–Kier alpha value is -2.68. The molecule has 0 radical (unpaired) electrons. The molecule has 1 atom stereocenters. The van der Waals surface area contributed by atoms with E-state index in [4.69, 9.17) is 19.5 Å². The Labute approximate surface area is 189 Å². The van der Waals surface area contributed by atoms with Crippen LogP contribution in [-0.2, 0) is 0 Å². The van der Waals surface area contributed by atoms with Gasteiger partial charge in [0.2, 0.25) is 5.71 Å². The van der Waals surface area contributed by atoms with E-state index in [1.807, 2.05) is 0 Å². The summed E-state index contributed by atoms with van der Waals surface area (Å²) in [6.07, 6.45) is 3.34. The van der Waals surface area contributed by atoms with E-state index in [9.17, 15) is 0 Å². The molecule has 0 bridgehead atoms. The smallest absolute Gasteiger partial charge is 0.227 e. The van der Waals surface area contributed by atoms with E-state index < -0.39 is 32.3 Å². The molecule has 3 rings (SSSR count). The molecule has 29 heavy (non-hydrogen) atoms. The van der Waals surface area contributed by atoms with Crippen molar-refractivity contribution in [3.05, 3.63) is 58.3 Å². The molecule has 0 amide bonds. The number of fused-ring (bicyclic) bond motifs is 3. The second kappa shape index (κ2) is 8.36. The van der Waals surface area contributed by atoms with Crippen molar-refractivity contribution in [1.29, 1.82) is 0 Å². The largest absolute Gasteiger partial charge is 0.437 e. The summed E-state index contributed by atoms with van der Waals surface area (Å²) in [7, 11) is 0. The number of hydrogen-bond donors (Lipinski definition) is 0. The molecule has 0 saturated heterocycles. The maximum atomic E-state index is 8.70. The van der Waals surface area contributed by atoms with Gasteiger partial charge >= 0.3 is 0 Å². The highest BCUT2D eigenvalue weighted by Crippen LogP contribution is 2.39. The molecule has 3 heteroatoms. The molecule has 0 N–H and O–H groups in total. The summed E-state index contributed by atoms with van der Waals surface area (Å²) in [5.74, 6) is -3.39. The molecule has 1 unspecified atom stereocenters. The lowest BCUT2D eigenvalue weighted by molar-refractivity contribution is 0.650. The van der Waals surface area contributed by atoms with Crippen molar-refractivity contribution in [2.24, 2.45) is 10.9 Å². The second-order valence-electron chi connectivity index (χ2n) is 7.12. The predicted molar refractivity (Wildman–Crippen MR) is 126 cm³/mol. The van der Waals surface area contributed by atoms with Gasteiger partial charge in [-0.2, -0.15) is 0 Å². The van der Waals surface area contributed by atoms with Crippen LogP contribution in [0.25, 0.3) is 27.8 Å². The lowest BCUT2D eigenvalue weighted by Crippen LogP contribution is -1.95. The maximum absolute atomic E-state index is 8.70. The van der Waals surface area contributed by atoms with Crippen LogP contribution in [0.1, 0.15) is 84.8 Å². The van der Waals surface area contributed by atoms with Gasteiger partial charge in [-0.05, 0) is 68.2 Å². The van der Waals surface area contributed by atoms with E-state index in [0.29, 0.717) is 22.2 Å². The summed E-state index contributed by atoms with van der Waals surface area (Å²) in [6.45, 7) is -0.176. The Morgan fingerprint density at radius 3 is 2.72 bits per heavy atom. The topological polar surface area (TPSA) is 38.4 Å². The molecule has 2 aromatic heterocycles. The minimum atomic E-state index is -2.84. The van der Waals surface area contributed by atoms with Crippen molar-refractivity contribution in [3.63, 3.8) is 0 Å². The monoisotopic (exact) mass is 399 g/mol. The molecule has 0 aliphatic heterocycles. The van der Waals surface area contributed by atoms with Gasteiger partial charge in [-0.3, -0.25) is 4.99 Å². The summed E-state index contributed by atoms with van der Waals surface area (Å²) in [5.41, 5.74) is 1.68. The highest BCUT2D eigenvalue weighted by molar-refractivity contribution is 6.10. The number of benzene rings is 1. The van der Waals surface area contributed by atoms with E-state index in [2.05, 4.69) is 9.98 Å². The zero-order valence-corrected chi connectivity index (χ0v) is 17.3. The highest BCUT2D eigenvalue weighted by Gasteiger charge is 2.20. The number of aliphatic imine (C=N–C) groups is 1. The van der Waals surface area contributed by atoms with Gasteiger partial charge in [0.25, 0.3) is 0 Å². The number of aryl methyl sites for hydroxylation is 2. The fraction of sp³-hybridized carbons (Fsp3) is 0.385. The molecule has 3 nitrogen and oxygen atoms in total. The Bertz CT molecular complexity index is 1530. The number of rotatable bonds is 5. The van der Waals surface area contributed by atoms with Crippen LogP contribution in [0.4, 0.5) is 0 Å². The third kappa shape index (κ3) is 3.91. The molecule has 3 aromatic rings. The van der Waals surface area contributed by atoms with E-state index in [1.54, 1.807) is 39.8 Å². The maximum Gasteiger partial charge on any atom is 0.227 e. The summed E-state index contributed by atoms with van der Waals surface area (Å²) in [5, 5.41) is 0.660. The summed E-state index contributed by atoms with van der Waals surface area (Å²) < 4.78 is 93.8. The first kappa shape index (κ1) is 10.9. The summed E-state index contributed by atoms with van der Waals surface area (Å²) in [6, 6.07) is 4.66. The van der Waals surface area contributed by atoms with E-state index in [1.165, 1.54) is 12.1 Å². The standard InChI is InChI=1S/C26H32N2O/c1-9-19(15(3)4)14-27-22(10-2)20-12-11-17(7)23-24-21(16(5)6)13-18(8)28-26(24)29-25(20)23/h9-16H,1-8H3/b19-9-,22-10-,27-14+/i1D3,3D3,7D3,15D,16D. The van der Waals surface area contributed by atoms with Crippen LogP contribution < -0.4 is 0 Å². The fourth-order valence-electron chi connectivity index (χ4n) is 3.27. The van der Waals surface area contributed by atoms with Gasteiger partial charge in [0.15, 0.2) is 0 Å². The van der Waals surface area contributed by atoms with Crippen LogP contribution in [0.5, 0.6) is 0 Å². The minimum absolute atomic E-state index is 0.00436. The van der Waals surface area contributed by atoms with Crippen LogP contribution in [0.2, 0.25) is 0 Å². The van der Waals surface area contributed by atoms with Crippen LogP contribution >= 0.6 is 0 Å². The molecule has 0 aliphatic rings. The van der Waals surface area contributed by atoms with Crippen molar-refractivity contribution in [1.82, 2.24) is 4.98 Å². The van der Waals surface area contributed by atoms with Gasteiger partial charge in [0.1, 0.15) is 5.58 Å². The molecule has 0 aliphatic carbocycles. The number of furan rings is 1.